The third-order valence-corrected chi connectivity index (χ3v) is 3.33. The van der Waals surface area contributed by atoms with Crippen molar-refractivity contribution >= 4 is 5.69 Å². The summed E-state index contributed by atoms with van der Waals surface area (Å²) in [5, 5.41) is 11.3. The zero-order chi connectivity index (χ0) is 14.2. The molecule has 0 unspecified atom stereocenters. The van der Waals surface area contributed by atoms with E-state index in [2.05, 4.69) is 58.5 Å². The molecule has 1 aromatic heterocycles. The first-order valence-electron chi connectivity index (χ1n) is 7.14. The summed E-state index contributed by atoms with van der Waals surface area (Å²) in [5.41, 5.74) is 3.53. The lowest BCUT2D eigenvalue weighted by atomic mass is 10.2. The van der Waals surface area contributed by atoms with Crippen LogP contribution in [0.25, 0.3) is 0 Å². The lowest BCUT2D eigenvalue weighted by Crippen LogP contribution is -2.21. The van der Waals surface area contributed by atoms with Gasteiger partial charge in [-0.3, -0.25) is 0 Å². The fraction of sp³-hybridized carbons (Fsp3) is 0.375. The number of nitrogens with one attached hydrogen (secondary N) is 1. The fourth-order valence-electron chi connectivity index (χ4n) is 2.18. The summed E-state index contributed by atoms with van der Waals surface area (Å²) >= 11 is 0. The van der Waals surface area contributed by atoms with Crippen molar-refractivity contribution in [2.45, 2.75) is 26.9 Å². The van der Waals surface area contributed by atoms with Gasteiger partial charge in [0.2, 0.25) is 0 Å². The van der Waals surface area contributed by atoms with Crippen LogP contribution >= 0.6 is 0 Å². The van der Waals surface area contributed by atoms with E-state index in [1.54, 1.807) is 6.20 Å². The molecule has 0 aliphatic heterocycles. The maximum atomic E-state index is 4.05. The minimum atomic E-state index is 0.742. The standard InChI is InChI=1S/C16H22N4/c1-3-20(4-2)16-9-7-14(8-10-16)12-17-13-15-6-5-11-18-19-15/h5-11,17H,3-4,12-13H2,1-2H3. The normalized spacial score (nSPS) is 10.5. The Kier molecular flexibility index (Phi) is 5.50. The molecule has 1 heterocycles. The molecule has 0 bridgehead atoms. The van der Waals surface area contributed by atoms with Crippen LogP contribution < -0.4 is 10.2 Å². The van der Waals surface area contributed by atoms with E-state index in [-0.39, 0.29) is 0 Å². The molecule has 2 rings (SSSR count). The first-order valence-corrected chi connectivity index (χ1v) is 7.14. The zero-order valence-corrected chi connectivity index (χ0v) is 12.2. The Morgan fingerprint density at radius 1 is 1.00 bits per heavy atom. The van der Waals surface area contributed by atoms with Gasteiger partial charge < -0.3 is 10.2 Å². The molecule has 106 valence electrons. The molecule has 0 amide bonds. The molecule has 0 aliphatic rings. The number of benzene rings is 1. The van der Waals surface area contributed by atoms with E-state index in [0.29, 0.717) is 0 Å². The summed E-state index contributed by atoms with van der Waals surface area (Å²) < 4.78 is 0. The van der Waals surface area contributed by atoms with Gasteiger partial charge in [0.1, 0.15) is 0 Å². The topological polar surface area (TPSA) is 41.0 Å². The predicted octanol–water partition coefficient (Wildman–Crippen LogP) is 2.61. The van der Waals surface area contributed by atoms with Gasteiger partial charge in [0.15, 0.2) is 0 Å². The highest BCUT2D eigenvalue weighted by Crippen LogP contribution is 2.14. The van der Waals surface area contributed by atoms with E-state index in [0.717, 1.165) is 31.9 Å². The van der Waals surface area contributed by atoms with Crippen LogP contribution in [0.4, 0.5) is 5.69 Å². The Balaban J connectivity index is 1.85. The van der Waals surface area contributed by atoms with Crippen LogP contribution in [0.3, 0.4) is 0 Å². The highest BCUT2D eigenvalue weighted by Gasteiger charge is 2.01. The van der Waals surface area contributed by atoms with Crippen LogP contribution in [0.15, 0.2) is 42.6 Å². The third kappa shape index (κ3) is 4.03. The smallest absolute Gasteiger partial charge is 0.0769 e. The van der Waals surface area contributed by atoms with Crippen molar-refractivity contribution < 1.29 is 0 Å². The maximum Gasteiger partial charge on any atom is 0.0769 e. The monoisotopic (exact) mass is 270 g/mol. The zero-order valence-electron chi connectivity index (χ0n) is 12.2. The SMILES string of the molecule is CCN(CC)c1ccc(CNCc2cccnn2)cc1. The summed E-state index contributed by atoms with van der Waals surface area (Å²) in [7, 11) is 0. The highest BCUT2D eigenvalue weighted by atomic mass is 15.1. The molecule has 4 heteroatoms. The number of nitrogens with zero attached hydrogens (tertiary/aromatic N) is 3. The number of hydrogen-bond acceptors (Lipinski definition) is 4. The molecule has 0 saturated carbocycles. The molecule has 1 aromatic carbocycles. The summed E-state index contributed by atoms with van der Waals surface area (Å²) in [6, 6.07) is 12.6. The second kappa shape index (κ2) is 7.60. The molecule has 0 fully saturated rings. The van der Waals surface area contributed by atoms with Crippen molar-refractivity contribution in [2.75, 3.05) is 18.0 Å². The van der Waals surface area contributed by atoms with Crippen molar-refractivity contribution in [3.63, 3.8) is 0 Å². The van der Waals surface area contributed by atoms with Crippen molar-refractivity contribution in [1.82, 2.24) is 15.5 Å². The van der Waals surface area contributed by atoms with Crippen molar-refractivity contribution in [3.8, 4) is 0 Å². The summed E-state index contributed by atoms with van der Waals surface area (Å²) in [4.78, 5) is 2.34. The Morgan fingerprint density at radius 2 is 1.75 bits per heavy atom. The number of rotatable bonds is 7. The average molecular weight is 270 g/mol. The van der Waals surface area contributed by atoms with E-state index in [1.165, 1.54) is 11.3 Å². The molecule has 0 spiro atoms. The molecule has 2 aromatic rings. The molecule has 0 aliphatic carbocycles. The van der Waals surface area contributed by atoms with Gasteiger partial charge in [-0.25, -0.2) is 0 Å². The first-order chi connectivity index (χ1) is 9.83. The maximum absolute atomic E-state index is 4.05. The lowest BCUT2D eigenvalue weighted by molar-refractivity contribution is 0.670. The third-order valence-electron chi connectivity index (χ3n) is 3.33. The second-order valence-corrected chi connectivity index (χ2v) is 4.66. The fourth-order valence-corrected chi connectivity index (χ4v) is 2.18. The largest absolute Gasteiger partial charge is 0.372 e. The summed E-state index contributed by atoms with van der Waals surface area (Å²) in [6.07, 6.45) is 1.69. The second-order valence-electron chi connectivity index (χ2n) is 4.66. The molecule has 4 nitrogen and oxygen atoms in total. The molecule has 0 atom stereocenters. The van der Waals surface area contributed by atoms with E-state index in [9.17, 15) is 0 Å². The van der Waals surface area contributed by atoms with Gasteiger partial charge in [-0.05, 0) is 43.7 Å². The first kappa shape index (κ1) is 14.5. The van der Waals surface area contributed by atoms with Gasteiger partial charge in [0, 0.05) is 38.1 Å². The minimum Gasteiger partial charge on any atom is -0.372 e. The quantitative estimate of drug-likeness (QED) is 0.839. The van der Waals surface area contributed by atoms with E-state index in [4.69, 9.17) is 0 Å². The lowest BCUT2D eigenvalue weighted by Gasteiger charge is -2.21. The van der Waals surface area contributed by atoms with Gasteiger partial charge in [-0.2, -0.15) is 10.2 Å². The van der Waals surface area contributed by atoms with E-state index in [1.807, 2.05) is 12.1 Å². The van der Waals surface area contributed by atoms with Gasteiger partial charge >= 0.3 is 0 Å². The van der Waals surface area contributed by atoms with Crippen LogP contribution in [0.1, 0.15) is 25.1 Å². The minimum absolute atomic E-state index is 0.742. The van der Waals surface area contributed by atoms with E-state index < -0.39 is 0 Å². The van der Waals surface area contributed by atoms with Gasteiger partial charge in [0.25, 0.3) is 0 Å². The van der Waals surface area contributed by atoms with Crippen LogP contribution in [-0.2, 0) is 13.1 Å². The molecule has 0 saturated heterocycles. The van der Waals surface area contributed by atoms with Crippen LogP contribution in [0.5, 0.6) is 0 Å². The van der Waals surface area contributed by atoms with Crippen LogP contribution in [-0.4, -0.2) is 23.3 Å². The Morgan fingerprint density at radius 3 is 2.35 bits per heavy atom. The number of aromatic nitrogens is 2. The molecule has 20 heavy (non-hydrogen) atoms. The van der Waals surface area contributed by atoms with Crippen LogP contribution in [0.2, 0.25) is 0 Å². The Hall–Kier alpha value is -1.94. The summed E-state index contributed by atoms with van der Waals surface area (Å²) in [6.45, 7) is 8.03. The van der Waals surface area contributed by atoms with Crippen molar-refractivity contribution in [2.24, 2.45) is 0 Å². The molecule has 1 N–H and O–H groups in total. The van der Waals surface area contributed by atoms with Gasteiger partial charge in [-0.1, -0.05) is 12.1 Å². The predicted molar refractivity (Wildman–Crippen MR) is 82.6 cm³/mol. The van der Waals surface area contributed by atoms with Crippen molar-refractivity contribution in [3.05, 3.63) is 53.9 Å². The Bertz CT molecular complexity index is 492. The summed E-state index contributed by atoms with van der Waals surface area (Å²) in [5.74, 6) is 0. The average Bonchev–Trinajstić information content (AvgIpc) is 2.51. The number of hydrogen-bond donors (Lipinski definition) is 1. The Labute approximate surface area is 120 Å². The molecular formula is C16H22N4. The van der Waals surface area contributed by atoms with Crippen LogP contribution in [0, 0.1) is 0 Å². The van der Waals surface area contributed by atoms with Gasteiger partial charge in [0.05, 0.1) is 5.69 Å². The van der Waals surface area contributed by atoms with Crippen molar-refractivity contribution in [1.29, 1.82) is 0 Å². The molecular weight excluding hydrogens is 248 g/mol. The highest BCUT2D eigenvalue weighted by molar-refractivity contribution is 5.47. The van der Waals surface area contributed by atoms with E-state index >= 15 is 0 Å². The molecule has 0 radical (unpaired) electrons. The van der Waals surface area contributed by atoms with Gasteiger partial charge in [-0.15, -0.1) is 0 Å². The number of anilines is 1.